The Balaban J connectivity index is 4.33. The average molecular weight is 249 g/mol. The van der Waals surface area contributed by atoms with Gasteiger partial charge in [-0.15, -0.1) is 0 Å². The lowest BCUT2D eigenvalue weighted by atomic mass is 9.97. The second-order valence-electron chi connectivity index (χ2n) is 4.01. The minimum Gasteiger partial charge on any atom is -0.480 e. The van der Waals surface area contributed by atoms with Crippen LogP contribution >= 0.6 is 0 Å². The van der Waals surface area contributed by atoms with E-state index in [0.717, 1.165) is 0 Å². The summed E-state index contributed by atoms with van der Waals surface area (Å²) in [5.41, 5.74) is 3.79. The molecule has 0 aliphatic carbocycles. The molecule has 7 heteroatoms. The van der Waals surface area contributed by atoms with Crippen LogP contribution in [0.1, 0.15) is 26.7 Å². The Morgan fingerprint density at radius 3 is 2.41 bits per heavy atom. The van der Waals surface area contributed by atoms with E-state index in [2.05, 4.69) is 5.32 Å². The summed E-state index contributed by atoms with van der Waals surface area (Å²) in [7, 11) is 0. The summed E-state index contributed by atoms with van der Waals surface area (Å²) in [5.74, 6) is -3.34. The molecule has 0 aromatic rings. The Morgan fingerprint density at radius 1 is 1.47 bits per heavy atom. The maximum Gasteiger partial charge on any atom is 0.323 e. The molecule has 0 heterocycles. The number of amidine groups is 1. The predicted molar refractivity (Wildman–Crippen MR) is 60.1 cm³/mol. The maximum absolute atomic E-state index is 13.2. The molecule has 0 saturated carbocycles. The topological polar surface area (TPSA) is 99.2 Å². The van der Waals surface area contributed by atoms with Crippen molar-refractivity contribution >= 4 is 11.8 Å². The van der Waals surface area contributed by atoms with Crippen LogP contribution in [-0.4, -0.2) is 29.0 Å². The van der Waals surface area contributed by atoms with Crippen LogP contribution in [0.25, 0.3) is 0 Å². The summed E-state index contributed by atoms with van der Waals surface area (Å²) < 4.78 is 26.3. The van der Waals surface area contributed by atoms with Crippen molar-refractivity contribution in [3.8, 4) is 0 Å². The highest BCUT2D eigenvalue weighted by atomic mass is 19.2. The molecule has 0 amide bonds. The lowest BCUT2D eigenvalue weighted by Gasteiger charge is -2.18. The largest absolute Gasteiger partial charge is 0.480 e. The Labute approximate surface area is 98.2 Å². The number of carbonyl (C=O) groups is 1. The van der Waals surface area contributed by atoms with Gasteiger partial charge in [-0.05, 0) is 20.3 Å². The van der Waals surface area contributed by atoms with Crippen LogP contribution < -0.4 is 11.1 Å². The molecule has 0 aromatic heterocycles. The molecule has 1 unspecified atom stereocenters. The van der Waals surface area contributed by atoms with E-state index < -0.39 is 29.7 Å². The third kappa shape index (κ3) is 5.96. The Morgan fingerprint density at radius 2 is 2.00 bits per heavy atom. The van der Waals surface area contributed by atoms with Gasteiger partial charge in [-0.1, -0.05) is 0 Å². The van der Waals surface area contributed by atoms with E-state index in [1.165, 1.54) is 13.8 Å². The van der Waals surface area contributed by atoms with Crippen molar-refractivity contribution in [1.82, 2.24) is 5.32 Å². The molecule has 17 heavy (non-hydrogen) atoms. The number of halogens is 2. The van der Waals surface area contributed by atoms with E-state index in [1.54, 1.807) is 0 Å². The van der Waals surface area contributed by atoms with E-state index in [-0.39, 0.29) is 18.7 Å². The van der Waals surface area contributed by atoms with Crippen molar-refractivity contribution in [1.29, 1.82) is 5.41 Å². The Kier molecular flexibility index (Phi) is 5.73. The van der Waals surface area contributed by atoms with Crippen LogP contribution in [0.4, 0.5) is 8.78 Å². The number of hydrogen-bond donors (Lipinski definition) is 4. The highest BCUT2D eigenvalue weighted by molar-refractivity contribution is 5.77. The molecule has 98 valence electrons. The molecule has 0 aliphatic heterocycles. The van der Waals surface area contributed by atoms with Crippen molar-refractivity contribution in [3.63, 3.8) is 0 Å². The smallest absolute Gasteiger partial charge is 0.323 e. The zero-order valence-electron chi connectivity index (χ0n) is 9.81. The first-order valence-corrected chi connectivity index (χ1v) is 5.01. The number of carboxylic acids is 1. The summed E-state index contributed by atoms with van der Waals surface area (Å²) in [5, 5.41) is 17.9. The van der Waals surface area contributed by atoms with Gasteiger partial charge >= 0.3 is 5.97 Å². The van der Waals surface area contributed by atoms with Crippen molar-refractivity contribution < 1.29 is 18.7 Å². The summed E-state index contributed by atoms with van der Waals surface area (Å²) in [6.45, 7) is 2.21. The Hall–Kier alpha value is -1.50. The maximum atomic E-state index is 13.2. The van der Waals surface area contributed by atoms with Gasteiger partial charge in [0.25, 0.3) is 0 Å². The first-order chi connectivity index (χ1) is 7.66. The van der Waals surface area contributed by atoms with Crippen molar-refractivity contribution in [2.75, 3.05) is 6.54 Å². The van der Waals surface area contributed by atoms with Gasteiger partial charge in [-0.3, -0.25) is 10.2 Å². The quantitative estimate of drug-likeness (QED) is 0.421. The fourth-order valence-electron chi connectivity index (χ4n) is 0.918. The molecule has 0 aromatic carbocycles. The van der Waals surface area contributed by atoms with Gasteiger partial charge in [-0.2, -0.15) is 0 Å². The second-order valence-corrected chi connectivity index (χ2v) is 4.01. The van der Waals surface area contributed by atoms with Gasteiger partial charge < -0.3 is 16.2 Å². The number of rotatable bonds is 6. The molecular weight excluding hydrogens is 232 g/mol. The van der Waals surface area contributed by atoms with Gasteiger partial charge in [0, 0.05) is 6.42 Å². The monoisotopic (exact) mass is 249 g/mol. The molecule has 0 saturated heterocycles. The van der Waals surface area contributed by atoms with Gasteiger partial charge in [-0.25, -0.2) is 8.78 Å². The Bertz CT molecular complexity index is 340. The summed E-state index contributed by atoms with van der Waals surface area (Å²) in [6, 6.07) is 0. The number of carboxylic acid groups (broad SMARTS) is 1. The molecule has 0 aliphatic rings. The minimum atomic E-state index is -1.58. The van der Waals surface area contributed by atoms with Crippen LogP contribution in [0.2, 0.25) is 0 Å². The van der Waals surface area contributed by atoms with Crippen LogP contribution in [0.5, 0.6) is 0 Å². The SMILES string of the molecule is CC(=N)NCC(F)=C(F)CCC(C)(N)C(=O)O. The van der Waals surface area contributed by atoms with E-state index in [1.807, 2.05) is 0 Å². The fourth-order valence-corrected chi connectivity index (χ4v) is 0.918. The van der Waals surface area contributed by atoms with E-state index >= 15 is 0 Å². The van der Waals surface area contributed by atoms with Crippen LogP contribution in [0.15, 0.2) is 11.7 Å². The van der Waals surface area contributed by atoms with E-state index in [9.17, 15) is 13.6 Å². The molecule has 0 bridgehead atoms. The number of nitrogens with one attached hydrogen (secondary N) is 2. The molecule has 0 spiro atoms. The molecule has 0 radical (unpaired) electrons. The molecule has 5 nitrogen and oxygen atoms in total. The molecule has 1 atom stereocenters. The van der Waals surface area contributed by atoms with Gasteiger partial charge in [0.05, 0.1) is 12.4 Å². The fraction of sp³-hybridized carbons (Fsp3) is 0.600. The summed E-state index contributed by atoms with van der Waals surface area (Å²) in [6.07, 6.45) is -0.588. The average Bonchev–Trinajstić information content (AvgIpc) is 2.22. The lowest BCUT2D eigenvalue weighted by molar-refractivity contribution is -0.142. The highest BCUT2D eigenvalue weighted by Gasteiger charge is 2.28. The highest BCUT2D eigenvalue weighted by Crippen LogP contribution is 2.18. The third-order valence-corrected chi connectivity index (χ3v) is 2.16. The van der Waals surface area contributed by atoms with E-state index in [4.69, 9.17) is 16.2 Å². The van der Waals surface area contributed by atoms with Crippen molar-refractivity contribution in [3.05, 3.63) is 11.7 Å². The normalized spacial score (nSPS) is 15.8. The zero-order chi connectivity index (χ0) is 13.6. The standard InChI is InChI=1S/C10H17F2N3O2/c1-6(13)15-5-8(12)7(11)3-4-10(2,14)9(16)17/h3-5,14H2,1-2H3,(H2,13,15)(H,16,17). The van der Waals surface area contributed by atoms with Gasteiger partial charge in [0.2, 0.25) is 0 Å². The van der Waals surface area contributed by atoms with E-state index in [0.29, 0.717) is 0 Å². The van der Waals surface area contributed by atoms with Crippen LogP contribution in [0, 0.1) is 5.41 Å². The first kappa shape index (κ1) is 15.5. The minimum absolute atomic E-state index is 0.0159. The zero-order valence-corrected chi connectivity index (χ0v) is 9.81. The number of hydrogen-bond acceptors (Lipinski definition) is 3. The van der Waals surface area contributed by atoms with Gasteiger partial charge in [0.1, 0.15) is 11.4 Å². The van der Waals surface area contributed by atoms with Crippen LogP contribution in [0.3, 0.4) is 0 Å². The molecule has 0 fully saturated rings. The lowest BCUT2D eigenvalue weighted by Crippen LogP contribution is -2.44. The molecular formula is C10H17F2N3O2. The molecule has 5 N–H and O–H groups in total. The second kappa shape index (κ2) is 6.29. The first-order valence-electron chi connectivity index (χ1n) is 5.01. The van der Waals surface area contributed by atoms with Gasteiger partial charge in [0.15, 0.2) is 5.83 Å². The van der Waals surface area contributed by atoms with Crippen molar-refractivity contribution in [2.24, 2.45) is 5.73 Å². The summed E-state index contributed by atoms with van der Waals surface area (Å²) in [4.78, 5) is 10.6. The van der Waals surface area contributed by atoms with Crippen LogP contribution in [-0.2, 0) is 4.79 Å². The molecule has 0 rings (SSSR count). The number of allylic oxidation sites excluding steroid dienone is 1. The van der Waals surface area contributed by atoms with Crippen molar-refractivity contribution in [2.45, 2.75) is 32.2 Å². The third-order valence-electron chi connectivity index (χ3n) is 2.16. The predicted octanol–water partition coefficient (Wildman–Crippen LogP) is 1.31. The summed E-state index contributed by atoms with van der Waals surface area (Å²) >= 11 is 0. The number of nitrogens with two attached hydrogens (primary N) is 1. The number of aliphatic carboxylic acids is 1.